The Labute approximate surface area is 202 Å². The average Bonchev–Trinajstić information content (AvgIpc) is 2.78. The Balaban J connectivity index is 1.70. The first-order valence-electron chi connectivity index (χ1n) is 11.1. The van der Waals surface area contributed by atoms with Crippen LogP contribution < -0.4 is 10.6 Å². The van der Waals surface area contributed by atoms with E-state index in [1.165, 1.54) is 6.92 Å². The van der Waals surface area contributed by atoms with E-state index >= 15 is 0 Å². The first-order valence-corrected chi connectivity index (χ1v) is 11.1. The van der Waals surface area contributed by atoms with Crippen LogP contribution in [0.5, 0.6) is 0 Å². The third kappa shape index (κ3) is 5.92. The molecule has 1 aliphatic heterocycles. The number of amides is 1. The minimum atomic E-state index is -3.20. The van der Waals surface area contributed by atoms with Crippen LogP contribution in [0.25, 0.3) is 11.3 Å². The van der Waals surface area contributed by atoms with Gasteiger partial charge in [-0.15, -0.1) is 0 Å². The van der Waals surface area contributed by atoms with Gasteiger partial charge in [0.2, 0.25) is 11.7 Å². The van der Waals surface area contributed by atoms with Gasteiger partial charge in [-0.2, -0.15) is 8.78 Å². The molecule has 2 N–H and O–H groups in total. The Kier molecular flexibility index (Phi) is 6.99. The number of hydrogen-bond donors (Lipinski definition) is 2. The molecule has 0 saturated carbocycles. The number of likely N-dealkylation sites (N-methyl/N-ethyl adjacent to an activating group) is 1. The lowest BCUT2D eigenvalue weighted by Crippen LogP contribution is -2.36. The number of carbonyl (C=O) groups is 1. The van der Waals surface area contributed by atoms with Crippen molar-refractivity contribution < 1.29 is 18.3 Å². The highest BCUT2D eigenvalue weighted by atomic mass is 19.3. The summed E-state index contributed by atoms with van der Waals surface area (Å²) < 4.78 is 33.4. The van der Waals surface area contributed by atoms with Crippen LogP contribution in [0.1, 0.15) is 37.0 Å². The van der Waals surface area contributed by atoms with Crippen molar-refractivity contribution in [3.8, 4) is 11.3 Å². The molecule has 4 rings (SSSR count). The number of morpholine rings is 1. The predicted molar refractivity (Wildman–Crippen MR) is 128 cm³/mol. The molecule has 0 aliphatic carbocycles. The third-order valence-corrected chi connectivity index (χ3v) is 5.56. The van der Waals surface area contributed by atoms with E-state index in [1.54, 1.807) is 31.5 Å². The quantitative estimate of drug-likeness (QED) is 0.541. The zero-order chi connectivity index (χ0) is 25.2. The third-order valence-electron chi connectivity index (χ3n) is 5.56. The standard InChI is InChI=1S/C24H27F2N7O2/c1-14-9-22(32-23(29-14)24(3,25)26)31-19-10-21(30-15(2)34)28-12-17(19)18-6-5-16(11-27-18)20-13-35-8-7-33(20)4/h5-6,9-12,20H,7-8,13H2,1-4H3,(H2,28,29,30,31,32,34)/t20-/m1/s1. The molecule has 0 spiro atoms. The molecule has 1 saturated heterocycles. The highest BCUT2D eigenvalue weighted by Crippen LogP contribution is 2.32. The molecule has 35 heavy (non-hydrogen) atoms. The van der Waals surface area contributed by atoms with E-state index in [1.807, 2.05) is 19.2 Å². The SMILES string of the molecule is CC(=O)Nc1cc(Nc2cc(C)nc(C(C)(F)F)n2)c(-c2ccc([C@H]3COCCN3C)cn2)cn1. The fourth-order valence-electron chi connectivity index (χ4n) is 3.78. The Hall–Kier alpha value is -3.57. The molecular formula is C24H27F2N7O2. The molecule has 9 nitrogen and oxygen atoms in total. The zero-order valence-corrected chi connectivity index (χ0v) is 20.0. The normalized spacial score (nSPS) is 16.7. The summed E-state index contributed by atoms with van der Waals surface area (Å²) in [6.45, 7) is 5.87. The molecule has 1 atom stereocenters. The molecule has 3 aromatic rings. The lowest BCUT2D eigenvalue weighted by Gasteiger charge is -2.32. The molecule has 184 valence electrons. The highest BCUT2D eigenvalue weighted by Gasteiger charge is 2.29. The van der Waals surface area contributed by atoms with Crippen molar-refractivity contribution in [1.29, 1.82) is 0 Å². The summed E-state index contributed by atoms with van der Waals surface area (Å²) in [6, 6.07) is 7.13. The van der Waals surface area contributed by atoms with E-state index in [4.69, 9.17) is 4.74 Å². The van der Waals surface area contributed by atoms with E-state index in [2.05, 4.69) is 35.5 Å². The number of ether oxygens (including phenoxy) is 1. The van der Waals surface area contributed by atoms with E-state index in [0.717, 1.165) is 19.0 Å². The van der Waals surface area contributed by atoms with Crippen molar-refractivity contribution in [1.82, 2.24) is 24.8 Å². The minimum Gasteiger partial charge on any atom is -0.378 e. The van der Waals surface area contributed by atoms with Gasteiger partial charge in [-0.3, -0.25) is 14.7 Å². The first-order chi connectivity index (χ1) is 16.6. The second kappa shape index (κ2) is 9.96. The van der Waals surface area contributed by atoms with Crippen LogP contribution in [0.4, 0.5) is 26.1 Å². The van der Waals surface area contributed by atoms with Crippen molar-refractivity contribution in [2.24, 2.45) is 0 Å². The van der Waals surface area contributed by atoms with Gasteiger partial charge in [-0.1, -0.05) is 6.07 Å². The number of aromatic nitrogens is 4. The number of pyridine rings is 2. The van der Waals surface area contributed by atoms with E-state index in [0.29, 0.717) is 41.7 Å². The number of carbonyl (C=O) groups excluding carboxylic acids is 1. The lowest BCUT2D eigenvalue weighted by atomic mass is 10.1. The van der Waals surface area contributed by atoms with Gasteiger partial charge in [0.15, 0.2) is 0 Å². The van der Waals surface area contributed by atoms with E-state index in [9.17, 15) is 13.6 Å². The van der Waals surface area contributed by atoms with Gasteiger partial charge in [0.1, 0.15) is 11.6 Å². The van der Waals surface area contributed by atoms with Crippen LogP contribution in [-0.4, -0.2) is 57.5 Å². The summed E-state index contributed by atoms with van der Waals surface area (Å²) >= 11 is 0. The minimum absolute atomic E-state index is 0.112. The fourth-order valence-corrected chi connectivity index (χ4v) is 3.78. The molecular weight excluding hydrogens is 456 g/mol. The van der Waals surface area contributed by atoms with Gasteiger partial charge in [-0.25, -0.2) is 15.0 Å². The van der Waals surface area contributed by atoms with Crippen LogP contribution >= 0.6 is 0 Å². The number of nitrogens with zero attached hydrogens (tertiary/aromatic N) is 5. The van der Waals surface area contributed by atoms with Crippen molar-refractivity contribution in [3.63, 3.8) is 0 Å². The molecule has 0 bridgehead atoms. The Morgan fingerprint density at radius 1 is 1.17 bits per heavy atom. The summed E-state index contributed by atoms with van der Waals surface area (Å²) in [5.74, 6) is -3.58. The molecule has 1 fully saturated rings. The van der Waals surface area contributed by atoms with Crippen LogP contribution in [0.3, 0.4) is 0 Å². The summed E-state index contributed by atoms with van der Waals surface area (Å²) in [6.07, 6.45) is 3.36. The smallest absolute Gasteiger partial charge is 0.303 e. The lowest BCUT2D eigenvalue weighted by molar-refractivity contribution is -0.114. The molecule has 0 unspecified atom stereocenters. The van der Waals surface area contributed by atoms with Crippen LogP contribution in [0.2, 0.25) is 0 Å². The molecule has 3 aromatic heterocycles. The van der Waals surface area contributed by atoms with Crippen LogP contribution in [0.15, 0.2) is 36.7 Å². The van der Waals surface area contributed by atoms with E-state index in [-0.39, 0.29) is 17.8 Å². The number of anilines is 3. The van der Waals surface area contributed by atoms with E-state index < -0.39 is 11.7 Å². The molecule has 0 radical (unpaired) electrons. The van der Waals surface area contributed by atoms with Crippen molar-refractivity contribution in [3.05, 3.63) is 53.7 Å². The van der Waals surface area contributed by atoms with Gasteiger partial charge in [0.05, 0.1) is 30.6 Å². The Bertz CT molecular complexity index is 1220. The molecule has 11 heteroatoms. The fraction of sp³-hybridized carbons (Fsp3) is 0.375. The van der Waals surface area contributed by atoms with Crippen molar-refractivity contribution in [2.45, 2.75) is 32.7 Å². The maximum absolute atomic E-state index is 13.9. The van der Waals surface area contributed by atoms with Gasteiger partial charge in [0.25, 0.3) is 0 Å². The van der Waals surface area contributed by atoms with Crippen molar-refractivity contribution >= 4 is 23.2 Å². The largest absolute Gasteiger partial charge is 0.378 e. The maximum Gasteiger partial charge on any atom is 0.303 e. The summed E-state index contributed by atoms with van der Waals surface area (Å²) in [4.78, 5) is 30.5. The average molecular weight is 484 g/mol. The summed E-state index contributed by atoms with van der Waals surface area (Å²) in [5, 5.41) is 5.71. The van der Waals surface area contributed by atoms with Gasteiger partial charge >= 0.3 is 5.92 Å². The molecule has 1 aliphatic rings. The number of hydrogen-bond acceptors (Lipinski definition) is 8. The first kappa shape index (κ1) is 24.6. The highest BCUT2D eigenvalue weighted by molar-refractivity contribution is 5.89. The molecule has 0 aromatic carbocycles. The second-order valence-corrected chi connectivity index (χ2v) is 8.58. The number of alkyl halides is 2. The number of rotatable bonds is 6. The Morgan fingerprint density at radius 3 is 2.63 bits per heavy atom. The maximum atomic E-state index is 13.9. The Morgan fingerprint density at radius 2 is 1.97 bits per heavy atom. The topological polar surface area (TPSA) is 105 Å². The second-order valence-electron chi connectivity index (χ2n) is 8.58. The summed E-state index contributed by atoms with van der Waals surface area (Å²) in [7, 11) is 2.05. The van der Waals surface area contributed by atoms with Gasteiger partial charge in [0, 0.05) is 56.2 Å². The number of nitrogens with one attached hydrogen (secondary N) is 2. The monoisotopic (exact) mass is 483 g/mol. The predicted octanol–water partition coefficient (Wildman–Crippen LogP) is 4.06. The van der Waals surface area contributed by atoms with Crippen LogP contribution in [-0.2, 0) is 15.5 Å². The van der Waals surface area contributed by atoms with Crippen LogP contribution in [0, 0.1) is 6.92 Å². The molecule has 1 amide bonds. The number of aryl methyl sites for hydroxylation is 1. The van der Waals surface area contributed by atoms with Gasteiger partial charge in [-0.05, 0) is 25.6 Å². The van der Waals surface area contributed by atoms with Crippen molar-refractivity contribution in [2.75, 3.05) is 37.4 Å². The zero-order valence-electron chi connectivity index (χ0n) is 20.0. The summed E-state index contributed by atoms with van der Waals surface area (Å²) in [5.41, 5.74) is 3.13. The van der Waals surface area contributed by atoms with Gasteiger partial charge < -0.3 is 15.4 Å². The molecule has 4 heterocycles. The number of halogens is 2.